The molecule has 0 spiro atoms. The Balaban J connectivity index is 2.68. The van der Waals surface area contributed by atoms with Gasteiger partial charge in [0.1, 0.15) is 5.82 Å². The molecule has 0 amide bonds. The third-order valence-corrected chi connectivity index (χ3v) is 2.49. The maximum absolute atomic E-state index is 13.1. The molecule has 1 aromatic rings. The average Bonchev–Trinajstić information content (AvgIpc) is 2.34. The summed E-state index contributed by atoms with van der Waals surface area (Å²) in [5.74, 6) is 0.667. The number of rotatable bonds is 5. The molecule has 18 heavy (non-hydrogen) atoms. The van der Waals surface area contributed by atoms with Gasteiger partial charge in [-0.05, 0) is 31.0 Å². The van der Waals surface area contributed by atoms with E-state index in [1.165, 1.54) is 6.07 Å². The Kier molecular flexibility index (Phi) is 6.19. The molecule has 0 fully saturated rings. The number of aliphatic imine (C=N–C) groups is 1. The van der Waals surface area contributed by atoms with E-state index >= 15 is 0 Å². The van der Waals surface area contributed by atoms with Crippen molar-refractivity contribution in [1.82, 2.24) is 10.2 Å². The van der Waals surface area contributed by atoms with Gasteiger partial charge in [0.25, 0.3) is 0 Å². The van der Waals surface area contributed by atoms with Crippen LogP contribution in [-0.4, -0.2) is 31.0 Å². The van der Waals surface area contributed by atoms with Gasteiger partial charge in [0, 0.05) is 26.7 Å². The Labute approximate surface area is 109 Å². The van der Waals surface area contributed by atoms with Gasteiger partial charge in [-0.25, -0.2) is 4.39 Å². The maximum atomic E-state index is 13.1. The van der Waals surface area contributed by atoms with Crippen molar-refractivity contribution >= 4 is 5.96 Å². The summed E-state index contributed by atoms with van der Waals surface area (Å²) in [5.41, 5.74) is 0.944. The Hall–Kier alpha value is -1.58. The molecule has 100 valence electrons. The van der Waals surface area contributed by atoms with Crippen molar-refractivity contribution in [2.24, 2.45) is 4.99 Å². The molecule has 0 aliphatic carbocycles. The van der Waals surface area contributed by atoms with E-state index in [1.54, 1.807) is 12.1 Å². The molecule has 3 nitrogen and oxygen atoms in total. The van der Waals surface area contributed by atoms with Gasteiger partial charge in [-0.2, -0.15) is 0 Å². The summed E-state index contributed by atoms with van der Waals surface area (Å²) in [6.07, 6.45) is 1.02. The highest BCUT2D eigenvalue weighted by Gasteiger charge is 2.06. The van der Waals surface area contributed by atoms with Crippen LogP contribution in [0.4, 0.5) is 4.39 Å². The lowest BCUT2D eigenvalue weighted by Gasteiger charge is -2.22. The van der Waals surface area contributed by atoms with Crippen molar-refractivity contribution < 1.29 is 4.39 Å². The highest BCUT2D eigenvalue weighted by Crippen LogP contribution is 2.06. The highest BCUT2D eigenvalue weighted by atomic mass is 19.1. The number of benzene rings is 1. The first-order valence-corrected chi connectivity index (χ1v) is 6.41. The predicted molar refractivity (Wildman–Crippen MR) is 74.1 cm³/mol. The highest BCUT2D eigenvalue weighted by molar-refractivity contribution is 5.79. The van der Waals surface area contributed by atoms with Gasteiger partial charge in [0.15, 0.2) is 5.96 Å². The van der Waals surface area contributed by atoms with Gasteiger partial charge in [0.2, 0.25) is 0 Å². The zero-order valence-corrected chi connectivity index (χ0v) is 11.4. The largest absolute Gasteiger partial charge is 0.357 e. The maximum Gasteiger partial charge on any atom is 0.193 e. The standard InChI is InChI=1S/C14H22FN3/c1-4-9-17-14(16-5-2)18(3)11-12-7-6-8-13(15)10-12/h6-8,10H,4-5,9,11H2,1-3H3,(H,16,17). The molecule has 0 radical (unpaired) electrons. The number of hydrogen-bond acceptors (Lipinski definition) is 1. The molecule has 0 aromatic heterocycles. The van der Waals surface area contributed by atoms with Crippen LogP contribution in [-0.2, 0) is 6.54 Å². The summed E-state index contributed by atoms with van der Waals surface area (Å²) in [6, 6.07) is 6.66. The summed E-state index contributed by atoms with van der Waals surface area (Å²) in [5, 5.41) is 3.23. The van der Waals surface area contributed by atoms with Crippen LogP contribution in [0.3, 0.4) is 0 Å². The number of guanidine groups is 1. The van der Waals surface area contributed by atoms with Crippen LogP contribution in [0.25, 0.3) is 0 Å². The van der Waals surface area contributed by atoms with Crippen molar-refractivity contribution in [3.8, 4) is 0 Å². The minimum absolute atomic E-state index is 0.198. The SMILES string of the molecule is CCCN=C(NCC)N(C)Cc1cccc(F)c1. The van der Waals surface area contributed by atoms with E-state index in [0.29, 0.717) is 6.54 Å². The lowest BCUT2D eigenvalue weighted by atomic mass is 10.2. The van der Waals surface area contributed by atoms with Gasteiger partial charge < -0.3 is 10.2 Å². The van der Waals surface area contributed by atoms with Crippen LogP contribution < -0.4 is 5.32 Å². The van der Waals surface area contributed by atoms with Gasteiger partial charge >= 0.3 is 0 Å². The predicted octanol–water partition coefficient (Wildman–Crippen LogP) is 2.63. The third-order valence-electron chi connectivity index (χ3n) is 2.49. The summed E-state index contributed by atoms with van der Waals surface area (Å²) >= 11 is 0. The molecule has 4 heteroatoms. The van der Waals surface area contributed by atoms with Crippen molar-refractivity contribution in [3.05, 3.63) is 35.6 Å². The molecule has 0 saturated heterocycles. The minimum atomic E-state index is -0.198. The summed E-state index contributed by atoms with van der Waals surface area (Å²) in [6.45, 7) is 6.41. The third kappa shape index (κ3) is 4.73. The fourth-order valence-corrected chi connectivity index (χ4v) is 1.67. The molecular formula is C14H22FN3. The molecule has 0 bridgehead atoms. The second kappa shape index (κ2) is 7.69. The first kappa shape index (κ1) is 14.5. The summed E-state index contributed by atoms with van der Waals surface area (Å²) in [4.78, 5) is 6.50. The Morgan fingerprint density at radius 1 is 1.39 bits per heavy atom. The smallest absolute Gasteiger partial charge is 0.193 e. The summed E-state index contributed by atoms with van der Waals surface area (Å²) < 4.78 is 13.1. The number of hydrogen-bond donors (Lipinski definition) is 1. The van der Waals surface area contributed by atoms with Crippen molar-refractivity contribution in [3.63, 3.8) is 0 Å². The van der Waals surface area contributed by atoms with Crippen molar-refractivity contribution in [2.45, 2.75) is 26.8 Å². The lowest BCUT2D eigenvalue weighted by Crippen LogP contribution is -2.38. The normalized spacial score (nSPS) is 11.4. The number of nitrogens with one attached hydrogen (secondary N) is 1. The average molecular weight is 251 g/mol. The van der Waals surface area contributed by atoms with E-state index in [2.05, 4.69) is 17.2 Å². The Bertz CT molecular complexity index is 390. The van der Waals surface area contributed by atoms with E-state index in [9.17, 15) is 4.39 Å². The molecule has 0 heterocycles. The Morgan fingerprint density at radius 2 is 2.17 bits per heavy atom. The molecular weight excluding hydrogens is 229 g/mol. The fourth-order valence-electron chi connectivity index (χ4n) is 1.67. The number of halogens is 1. The van der Waals surface area contributed by atoms with Crippen LogP contribution in [0.15, 0.2) is 29.3 Å². The molecule has 1 aromatic carbocycles. The zero-order chi connectivity index (χ0) is 13.4. The van der Waals surface area contributed by atoms with E-state index in [1.807, 2.05) is 24.9 Å². The molecule has 0 aliphatic rings. The van der Waals surface area contributed by atoms with Gasteiger partial charge in [-0.15, -0.1) is 0 Å². The quantitative estimate of drug-likeness (QED) is 0.643. The van der Waals surface area contributed by atoms with Gasteiger partial charge in [-0.3, -0.25) is 4.99 Å². The minimum Gasteiger partial charge on any atom is -0.357 e. The van der Waals surface area contributed by atoms with E-state index in [-0.39, 0.29) is 5.82 Å². The van der Waals surface area contributed by atoms with E-state index in [4.69, 9.17) is 0 Å². The monoisotopic (exact) mass is 251 g/mol. The molecule has 0 saturated carbocycles. The molecule has 0 unspecified atom stereocenters. The van der Waals surface area contributed by atoms with Gasteiger partial charge in [-0.1, -0.05) is 19.1 Å². The molecule has 0 aliphatic heterocycles. The van der Waals surface area contributed by atoms with Crippen molar-refractivity contribution in [2.75, 3.05) is 20.1 Å². The van der Waals surface area contributed by atoms with Crippen LogP contribution >= 0.6 is 0 Å². The zero-order valence-electron chi connectivity index (χ0n) is 11.4. The van der Waals surface area contributed by atoms with E-state index < -0.39 is 0 Å². The topological polar surface area (TPSA) is 27.6 Å². The molecule has 0 atom stereocenters. The first-order chi connectivity index (χ1) is 8.67. The van der Waals surface area contributed by atoms with Crippen LogP contribution in [0, 0.1) is 5.82 Å². The van der Waals surface area contributed by atoms with E-state index in [0.717, 1.165) is 31.0 Å². The molecule has 1 N–H and O–H groups in total. The number of nitrogens with zero attached hydrogens (tertiary/aromatic N) is 2. The first-order valence-electron chi connectivity index (χ1n) is 6.41. The second-order valence-electron chi connectivity index (χ2n) is 4.22. The summed E-state index contributed by atoms with van der Waals surface area (Å²) in [7, 11) is 1.96. The second-order valence-corrected chi connectivity index (χ2v) is 4.22. The Morgan fingerprint density at radius 3 is 2.78 bits per heavy atom. The van der Waals surface area contributed by atoms with Gasteiger partial charge in [0.05, 0.1) is 0 Å². The molecule has 1 rings (SSSR count). The lowest BCUT2D eigenvalue weighted by molar-refractivity contribution is 0.475. The van der Waals surface area contributed by atoms with Crippen LogP contribution in [0.5, 0.6) is 0 Å². The van der Waals surface area contributed by atoms with Crippen LogP contribution in [0.1, 0.15) is 25.8 Å². The van der Waals surface area contributed by atoms with Crippen LogP contribution in [0.2, 0.25) is 0 Å². The fraction of sp³-hybridized carbons (Fsp3) is 0.500. The van der Waals surface area contributed by atoms with Crippen molar-refractivity contribution in [1.29, 1.82) is 0 Å².